The van der Waals surface area contributed by atoms with Gasteiger partial charge >= 0.3 is 5.97 Å². The lowest BCUT2D eigenvalue weighted by Crippen LogP contribution is -2.06. The van der Waals surface area contributed by atoms with E-state index in [1.54, 1.807) is 0 Å². The summed E-state index contributed by atoms with van der Waals surface area (Å²) in [6.45, 7) is 0. The minimum absolute atomic E-state index is 0.0123. The molecule has 14 heavy (non-hydrogen) atoms. The van der Waals surface area contributed by atoms with E-state index >= 15 is 0 Å². The van der Waals surface area contributed by atoms with Crippen LogP contribution in [0, 0.1) is 0 Å². The second-order valence-electron chi connectivity index (χ2n) is 2.68. The Morgan fingerprint density at radius 2 is 2.29 bits per heavy atom. The number of hydrogen-bond donors (Lipinski definition) is 2. The highest BCUT2D eigenvalue weighted by atomic mass is 19.3. The number of aliphatic carboxylic acids is 1. The number of hydrogen-bond acceptors (Lipinski definition) is 3. The van der Waals surface area contributed by atoms with Crippen molar-refractivity contribution in [2.75, 3.05) is 5.73 Å². The van der Waals surface area contributed by atoms with Gasteiger partial charge in [0.15, 0.2) is 0 Å². The summed E-state index contributed by atoms with van der Waals surface area (Å²) in [5.41, 5.74) is 4.82. The third kappa shape index (κ3) is 2.38. The Bertz CT molecular complexity index is 355. The second-order valence-corrected chi connectivity index (χ2v) is 2.68. The van der Waals surface area contributed by atoms with Crippen molar-refractivity contribution in [1.29, 1.82) is 0 Å². The first-order valence-corrected chi connectivity index (χ1v) is 3.75. The van der Waals surface area contributed by atoms with E-state index < -0.39 is 18.8 Å². The fraction of sp³-hybridized carbons (Fsp3) is 0.250. The molecule has 6 heteroatoms. The molecule has 0 aromatic carbocycles. The number of nitrogens with two attached hydrogens (primary N) is 1. The Kier molecular flexibility index (Phi) is 2.95. The van der Waals surface area contributed by atoms with Gasteiger partial charge in [-0.1, -0.05) is 0 Å². The van der Waals surface area contributed by atoms with Crippen molar-refractivity contribution in [3.63, 3.8) is 0 Å². The van der Waals surface area contributed by atoms with Crippen LogP contribution >= 0.6 is 0 Å². The van der Waals surface area contributed by atoms with Crippen molar-refractivity contribution in [3.8, 4) is 0 Å². The molecule has 0 saturated heterocycles. The average molecular weight is 202 g/mol. The van der Waals surface area contributed by atoms with Gasteiger partial charge in [0.05, 0.1) is 6.42 Å². The van der Waals surface area contributed by atoms with E-state index in [9.17, 15) is 13.6 Å². The third-order valence-electron chi connectivity index (χ3n) is 1.62. The first-order chi connectivity index (χ1) is 6.50. The molecule has 4 nitrogen and oxygen atoms in total. The van der Waals surface area contributed by atoms with Crippen LogP contribution in [0.1, 0.15) is 17.6 Å². The standard InChI is InChI=1S/C8H8F2N2O2/c9-8(10)5-2-6(11)12-3-4(5)1-7(13)14/h2-3,8H,1H2,(H2,11,12)(H,13,14). The zero-order valence-corrected chi connectivity index (χ0v) is 7.08. The molecule has 0 saturated carbocycles. The van der Waals surface area contributed by atoms with Gasteiger partial charge in [-0.2, -0.15) is 0 Å². The number of carboxylic acid groups (broad SMARTS) is 1. The SMILES string of the molecule is Nc1cc(C(F)F)c(CC(=O)O)cn1. The quantitative estimate of drug-likeness (QED) is 0.772. The summed E-state index contributed by atoms with van der Waals surface area (Å²) in [7, 11) is 0. The molecule has 3 N–H and O–H groups in total. The Morgan fingerprint density at radius 3 is 2.79 bits per heavy atom. The summed E-state index contributed by atoms with van der Waals surface area (Å²) < 4.78 is 24.8. The number of aromatic nitrogens is 1. The van der Waals surface area contributed by atoms with Crippen molar-refractivity contribution in [2.45, 2.75) is 12.8 Å². The molecule has 0 unspecified atom stereocenters. The lowest BCUT2D eigenvalue weighted by molar-refractivity contribution is -0.136. The van der Waals surface area contributed by atoms with Crippen LogP contribution in [0.15, 0.2) is 12.3 Å². The number of alkyl halides is 2. The zero-order chi connectivity index (χ0) is 10.7. The Morgan fingerprint density at radius 1 is 1.64 bits per heavy atom. The molecule has 1 rings (SSSR count). The number of carboxylic acids is 1. The van der Waals surface area contributed by atoms with E-state index in [2.05, 4.69) is 4.98 Å². The molecular weight excluding hydrogens is 194 g/mol. The summed E-state index contributed by atoms with van der Waals surface area (Å²) >= 11 is 0. The topological polar surface area (TPSA) is 76.2 Å². The van der Waals surface area contributed by atoms with Gasteiger partial charge in [0, 0.05) is 11.8 Å². The fourth-order valence-corrected chi connectivity index (χ4v) is 1.03. The van der Waals surface area contributed by atoms with Crippen molar-refractivity contribution in [3.05, 3.63) is 23.4 Å². The Hall–Kier alpha value is -1.72. The Labute approximate surface area is 78.4 Å². The van der Waals surface area contributed by atoms with E-state index in [0.29, 0.717) is 0 Å². The highest BCUT2D eigenvalue weighted by Crippen LogP contribution is 2.24. The molecule has 0 aliphatic rings. The van der Waals surface area contributed by atoms with E-state index in [-0.39, 0.29) is 16.9 Å². The molecule has 0 fully saturated rings. The maximum Gasteiger partial charge on any atom is 0.307 e. The number of carbonyl (C=O) groups is 1. The van der Waals surface area contributed by atoms with E-state index in [1.165, 1.54) is 0 Å². The molecule has 0 spiro atoms. The van der Waals surface area contributed by atoms with Crippen LogP contribution in [0.4, 0.5) is 14.6 Å². The van der Waals surface area contributed by atoms with Crippen LogP contribution in [-0.2, 0) is 11.2 Å². The van der Waals surface area contributed by atoms with Crippen LogP contribution < -0.4 is 5.73 Å². The molecule has 1 aromatic rings. The highest BCUT2D eigenvalue weighted by Gasteiger charge is 2.15. The molecule has 0 aliphatic carbocycles. The second kappa shape index (κ2) is 3.99. The zero-order valence-electron chi connectivity index (χ0n) is 7.08. The number of rotatable bonds is 3. The lowest BCUT2D eigenvalue weighted by atomic mass is 10.1. The molecule has 0 amide bonds. The maximum absolute atomic E-state index is 12.4. The molecule has 0 aliphatic heterocycles. The molecule has 0 atom stereocenters. The first-order valence-electron chi connectivity index (χ1n) is 3.75. The number of pyridine rings is 1. The first kappa shape index (κ1) is 10.4. The molecule has 0 bridgehead atoms. The lowest BCUT2D eigenvalue weighted by Gasteiger charge is -2.06. The molecule has 76 valence electrons. The van der Waals surface area contributed by atoms with Crippen molar-refractivity contribution >= 4 is 11.8 Å². The van der Waals surface area contributed by atoms with Gasteiger partial charge in [-0.3, -0.25) is 4.79 Å². The predicted octanol–water partition coefficient (Wildman–Crippen LogP) is 1.23. The minimum atomic E-state index is -2.74. The van der Waals surface area contributed by atoms with Gasteiger partial charge in [-0.15, -0.1) is 0 Å². The predicted molar refractivity (Wildman–Crippen MR) is 44.9 cm³/mol. The van der Waals surface area contributed by atoms with Crippen molar-refractivity contribution in [2.24, 2.45) is 0 Å². The summed E-state index contributed by atoms with van der Waals surface area (Å²) in [5, 5.41) is 8.44. The van der Waals surface area contributed by atoms with Crippen molar-refractivity contribution < 1.29 is 18.7 Å². The summed E-state index contributed by atoms with van der Waals surface area (Å²) in [5.74, 6) is -1.23. The number of nitrogen functional groups attached to an aromatic ring is 1. The van der Waals surface area contributed by atoms with E-state index in [0.717, 1.165) is 12.3 Å². The summed E-state index contributed by atoms with van der Waals surface area (Å²) in [6, 6.07) is 0.989. The normalized spacial score (nSPS) is 10.5. The number of halogens is 2. The van der Waals surface area contributed by atoms with Crippen LogP contribution in [-0.4, -0.2) is 16.1 Å². The molecule has 0 radical (unpaired) electrons. The van der Waals surface area contributed by atoms with E-state index in [1.807, 2.05) is 0 Å². The Balaban J connectivity index is 3.08. The number of nitrogens with zero attached hydrogens (tertiary/aromatic N) is 1. The van der Waals surface area contributed by atoms with Crippen LogP contribution in [0.3, 0.4) is 0 Å². The minimum Gasteiger partial charge on any atom is -0.481 e. The fourth-order valence-electron chi connectivity index (χ4n) is 1.03. The van der Waals surface area contributed by atoms with Gasteiger partial charge in [0.2, 0.25) is 0 Å². The van der Waals surface area contributed by atoms with Gasteiger partial charge in [0.1, 0.15) is 5.82 Å². The molecule has 1 aromatic heterocycles. The maximum atomic E-state index is 12.4. The van der Waals surface area contributed by atoms with Crippen LogP contribution in [0.25, 0.3) is 0 Å². The largest absolute Gasteiger partial charge is 0.481 e. The van der Waals surface area contributed by atoms with Gasteiger partial charge in [-0.25, -0.2) is 13.8 Å². The van der Waals surface area contributed by atoms with Crippen LogP contribution in [0.2, 0.25) is 0 Å². The number of anilines is 1. The van der Waals surface area contributed by atoms with Crippen LogP contribution in [0.5, 0.6) is 0 Å². The summed E-state index contributed by atoms with van der Waals surface area (Å²) in [6.07, 6.45) is -2.16. The van der Waals surface area contributed by atoms with Crippen molar-refractivity contribution in [1.82, 2.24) is 4.98 Å². The monoisotopic (exact) mass is 202 g/mol. The molecular formula is C8H8F2N2O2. The van der Waals surface area contributed by atoms with E-state index in [4.69, 9.17) is 10.8 Å². The van der Waals surface area contributed by atoms with Gasteiger partial charge in [-0.05, 0) is 11.6 Å². The highest BCUT2D eigenvalue weighted by molar-refractivity contribution is 5.70. The van der Waals surface area contributed by atoms with Gasteiger partial charge in [0.25, 0.3) is 6.43 Å². The smallest absolute Gasteiger partial charge is 0.307 e. The molecule has 1 heterocycles. The average Bonchev–Trinajstić information content (AvgIpc) is 2.07. The van der Waals surface area contributed by atoms with Gasteiger partial charge < -0.3 is 10.8 Å². The third-order valence-corrected chi connectivity index (χ3v) is 1.62. The summed E-state index contributed by atoms with van der Waals surface area (Å²) in [4.78, 5) is 13.9.